The van der Waals surface area contributed by atoms with Crippen molar-refractivity contribution in [2.24, 2.45) is 0 Å². The molecule has 0 radical (unpaired) electrons. The highest BCUT2D eigenvalue weighted by molar-refractivity contribution is 5.64. The Labute approximate surface area is 145 Å². The van der Waals surface area contributed by atoms with E-state index in [-0.39, 0.29) is 6.04 Å². The van der Waals surface area contributed by atoms with Gasteiger partial charge in [0.2, 0.25) is 0 Å². The summed E-state index contributed by atoms with van der Waals surface area (Å²) in [6, 6.07) is 17.1. The number of hydrogen-bond acceptors (Lipinski definition) is 3. The van der Waals surface area contributed by atoms with E-state index >= 15 is 0 Å². The molecular weight excluding hydrogens is 294 g/mol. The van der Waals surface area contributed by atoms with Crippen molar-refractivity contribution in [1.82, 2.24) is 5.32 Å². The van der Waals surface area contributed by atoms with E-state index in [1.54, 1.807) is 0 Å². The Morgan fingerprint density at radius 2 is 1.96 bits per heavy atom. The minimum atomic E-state index is 0.278. The summed E-state index contributed by atoms with van der Waals surface area (Å²) in [5, 5.41) is 6.62. The normalized spacial score (nSPS) is 15.6. The summed E-state index contributed by atoms with van der Waals surface area (Å²) < 4.78 is 0. The lowest BCUT2D eigenvalue weighted by molar-refractivity contribution is 0.760. The quantitative estimate of drug-likeness (QED) is 0.828. The molecule has 24 heavy (non-hydrogen) atoms. The Kier molecular flexibility index (Phi) is 5.40. The zero-order chi connectivity index (χ0) is 16.8. The Morgan fingerprint density at radius 3 is 2.71 bits per heavy atom. The molecule has 1 heterocycles. The van der Waals surface area contributed by atoms with E-state index < -0.39 is 0 Å². The number of nitrogens with one attached hydrogen (secondary N) is 2. The van der Waals surface area contributed by atoms with Gasteiger partial charge in [-0.3, -0.25) is 0 Å². The van der Waals surface area contributed by atoms with Gasteiger partial charge in [-0.2, -0.15) is 0 Å². The van der Waals surface area contributed by atoms with E-state index in [1.165, 1.54) is 16.8 Å². The maximum Gasteiger partial charge on any atom is 0.0945 e. The van der Waals surface area contributed by atoms with Crippen LogP contribution >= 0.6 is 0 Å². The molecule has 1 aliphatic heterocycles. The average molecular weight is 319 g/mol. The Morgan fingerprint density at radius 1 is 1.12 bits per heavy atom. The summed E-state index contributed by atoms with van der Waals surface area (Å²) in [7, 11) is 2.00. The van der Waals surface area contributed by atoms with E-state index in [0.29, 0.717) is 6.54 Å². The van der Waals surface area contributed by atoms with Gasteiger partial charge in [0.25, 0.3) is 0 Å². The van der Waals surface area contributed by atoms with Crippen LogP contribution in [0.1, 0.15) is 18.1 Å². The maximum atomic E-state index is 3.46. The predicted octanol–water partition coefficient (Wildman–Crippen LogP) is 3.27. The van der Waals surface area contributed by atoms with Crippen molar-refractivity contribution >= 4 is 11.4 Å². The van der Waals surface area contributed by atoms with Gasteiger partial charge >= 0.3 is 0 Å². The minimum Gasteiger partial charge on any atom is -0.374 e. The number of benzene rings is 2. The van der Waals surface area contributed by atoms with Crippen LogP contribution in [0.4, 0.5) is 11.4 Å². The average Bonchev–Trinajstić information content (AvgIpc) is 2.98. The van der Waals surface area contributed by atoms with Crippen LogP contribution in [0.5, 0.6) is 0 Å². The van der Waals surface area contributed by atoms with Crippen LogP contribution in [0.3, 0.4) is 0 Å². The summed E-state index contributed by atoms with van der Waals surface area (Å²) in [6.45, 7) is 4.78. The second kappa shape index (κ2) is 7.90. The third-order valence-electron chi connectivity index (χ3n) is 4.46. The summed E-state index contributed by atoms with van der Waals surface area (Å²) in [4.78, 5) is 2.42. The zero-order valence-electron chi connectivity index (χ0n) is 14.5. The molecule has 0 aliphatic carbocycles. The van der Waals surface area contributed by atoms with Crippen LogP contribution in [-0.2, 0) is 13.0 Å². The summed E-state index contributed by atoms with van der Waals surface area (Å²) in [6.07, 6.45) is 1.01. The third-order valence-corrected chi connectivity index (χ3v) is 4.46. The van der Waals surface area contributed by atoms with Crippen LogP contribution in [0.2, 0.25) is 0 Å². The van der Waals surface area contributed by atoms with Crippen molar-refractivity contribution in [2.45, 2.75) is 25.9 Å². The number of anilines is 2. The van der Waals surface area contributed by atoms with Crippen LogP contribution in [0.15, 0.2) is 48.5 Å². The highest BCUT2D eigenvalue weighted by Crippen LogP contribution is 2.34. The van der Waals surface area contributed by atoms with Gasteiger partial charge in [-0.05, 0) is 43.3 Å². The van der Waals surface area contributed by atoms with E-state index in [0.717, 1.165) is 25.2 Å². The number of para-hydroxylation sites is 1. The fourth-order valence-corrected chi connectivity index (χ4v) is 3.34. The van der Waals surface area contributed by atoms with Gasteiger partial charge in [-0.1, -0.05) is 42.2 Å². The Hall–Kier alpha value is -2.44. The molecule has 1 unspecified atom stereocenters. The lowest BCUT2D eigenvalue weighted by Crippen LogP contribution is -2.30. The minimum absolute atomic E-state index is 0.278. The summed E-state index contributed by atoms with van der Waals surface area (Å²) in [5.74, 6) is 6.77. The lowest BCUT2D eigenvalue weighted by Gasteiger charge is -2.22. The van der Waals surface area contributed by atoms with Crippen molar-refractivity contribution in [3.63, 3.8) is 0 Å². The third kappa shape index (κ3) is 3.55. The molecule has 2 aromatic rings. The molecule has 2 aromatic carbocycles. The molecule has 1 atom stereocenters. The molecule has 0 spiro atoms. The largest absolute Gasteiger partial charge is 0.374 e. The molecule has 0 aromatic heterocycles. The summed E-state index contributed by atoms with van der Waals surface area (Å²) in [5.41, 5.74) is 5.30. The second-order valence-corrected chi connectivity index (χ2v) is 5.99. The smallest absolute Gasteiger partial charge is 0.0945 e. The number of hydrogen-bond donors (Lipinski definition) is 2. The van der Waals surface area contributed by atoms with E-state index in [4.69, 9.17) is 0 Å². The number of rotatable bonds is 5. The van der Waals surface area contributed by atoms with Crippen LogP contribution in [-0.4, -0.2) is 26.2 Å². The van der Waals surface area contributed by atoms with E-state index in [2.05, 4.69) is 64.6 Å². The van der Waals surface area contributed by atoms with Crippen molar-refractivity contribution in [2.75, 3.05) is 30.4 Å². The SMILES string of the molecule is CCN1c2cccc(CNC)c2CC1C#CCNc1ccccc1. The predicted molar refractivity (Wildman–Crippen MR) is 102 cm³/mol. The molecule has 3 nitrogen and oxygen atoms in total. The topological polar surface area (TPSA) is 27.3 Å². The van der Waals surface area contributed by atoms with Gasteiger partial charge in [0.1, 0.15) is 0 Å². The molecule has 0 bridgehead atoms. The van der Waals surface area contributed by atoms with Gasteiger partial charge in [0.15, 0.2) is 0 Å². The first-order valence-corrected chi connectivity index (χ1v) is 8.62. The van der Waals surface area contributed by atoms with Gasteiger partial charge in [0, 0.05) is 30.9 Å². The molecule has 3 heteroatoms. The molecule has 0 amide bonds. The second-order valence-electron chi connectivity index (χ2n) is 5.99. The number of nitrogens with zero attached hydrogens (tertiary/aromatic N) is 1. The first-order valence-electron chi connectivity index (χ1n) is 8.62. The van der Waals surface area contributed by atoms with Crippen LogP contribution in [0, 0.1) is 11.8 Å². The van der Waals surface area contributed by atoms with Gasteiger partial charge in [-0.25, -0.2) is 0 Å². The molecule has 1 aliphatic rings. The molecule has 2 N–H and O–H groups in total. The molecule has 124 valence electrons. The molecule has 3 rings (SSSR count). The van der Waals surface area contributed by atoms with Gasteiger partial charge in [0.05, 0.1) is 12.6 Å². The van der Waals surface area contributed by atoms with E-state index in [1.807, 2.05) is 25.2 Å². The van der Waals surface area contributed by atoms with Gasteiger partial charge in [-0.15, -0.1) is 0 Å². The molecule has 0 saturated carbocycles. The van der Waals surface area contributed by atoms with Crippen molar-refractivity contribution in [3.05, 3.63) is 59.7 Å². The van der Waals surface area contributed by atoms with Gasteiger partial charge < -0.3 is 15.5 Å². The number of likely N-dealkylation sites (N-methyl/N-ethyl adjacent to an activating group) is 1. The fourth-order valence-electron chi connectivity index (χ4n) is 3.34. The molecule has 0 fully saturated rings. The maximum absolute atomic E-state index is 3.46. The zero-order valence-corrected chi connectivity index (χ0v) is 14.5. The highest BCUT2D eigenvalue weighted by Gasteiger charge is 2.28. The van der Waals surface area contributed by atoms with E-state index in [9.17, 15) is 0 Å². The van der Waals surface area contributed by atoms with Crippen LogP contribution in [0.25, 0.3) is 0 Å². The lowest BCUT2D eigenvalue weighted by atomic mass is 10.0. The van der Waals surface area contributed by atoms with Crippen molar-refractivity contribution in [3.8, 4) is 11.8 Å². The fraction of sp³-hybridized carbons (Fsp3) is 0.333. The Balaban J connectivity index is 1.69. The summed E-state index contributed by atoms with van der Waals surface area (Å²) >= 11 is 0. The number of fused-ring (bicyclic) bond motifs is 1. The first kappa shape index (κ1) is 16.4. The Bertz CT molecular complexity index is 728. The molecule has 0 saturated heterocycles. The first-order chi connectivity index (χ1) is 11.8. The molecular formula is C21H25N3. The standard InChI is InChI=1S/C21H25N3/c1-3-24-19(12-8-14-23-18-10-5-4-6-11-18)15-20-17(16-22-2)9-7-13-21(20)24/h4-7,9-11,13,19,22-23H,3,14-16H2,1-2H3. The highest BCUT2D eigenvalue weighted by atomic mass is 15.2. The van der Waals surface area contributed by atoms with Crippen molar-refractivity contribution in [1.29, 1.82) is 0 Å². The van der Waals surface area contributed by atoms with Crippen molar-refractivity contribution < 1.29 is 0 Å². The van der Waals surface area contributed by atoms with Crippen LogP contribution < -0.4 is 15.5 Å². The monoisotopic (exact) mass is 319 g/mol.